The van der Waals surface area contributed by atoms with Crippen molar-refractivity contribution in [1.82, 2.24) is 20.1 Å². The molecule has 0 unspecified atom stereocenters. The number of hydrogen-bond acceptors (Lipinski definition) is 7. The lowest BCUT2D eigenvalue weighted by atomic mass is 10.3. The summed E-state index contributed by atoms with van der Waals surface area (Å²) in [5.41, 5.74) is 2.15. The van der Waals surface area contributed by atoms with Gasteiger partial charge in [-0.2, -0.15) is 4.98 Å². The number of aryl methyl sites for hydroxylation is 1. The molecule has 3 rings (SSSR count). The molecule has 0 spiro atoms. The molecule has 86 valence electrons. The van der Waals surface area contributed by atoms with Crippen LogP contribution in [0.25, 0.3) is 10.2 Å². The normalized spacial score (nSPS) is 10.9. The summed E-state index contributed by atoms with van der Waals surface area (Å²) in [4.78, 5) is 12.4. The van der Waals surface area contributed by atoms with Crippen LogP contribution in [0.4, 0.5) is 5.82 Å². The van der Waals surface area contributed by atoms with E-state index >= 15 is 0 Å². The Hall–Kier alpha value is -2.02. The third-order valence-electron chi connectivity index (χ3n) is 2.35. The van der Waals surface area contributed by atoms with E-state index in [1.165, 1.54) is 6.39 Å². The lowest BCUT2D eigenvalue weighted by Crippen LogP contribution is -2.03. The van der Waals surface area contributed by atoms with Gasteiger partial charge in [0.2, 0.25) is 6.39 Å². The monoisotopic (exact) mass is 247 g/mol. The Bertz CT molecular complexity index is 633. The second-order valence-electron chi connectivity index (χ2n) is 3.52. The van der Waals surface area contributed by atoms with Crippen molar-refractivity contribution in [2.75, 3.05) is 5.32 Å². The first-order chi connectivity index (χ1) is 8.34. The largest absolute Gasteiger partial charge is 0.361 e. The molecule has 0 saturated carbocycles. The first kappa shape index (κ1) is 10.2. The highest BCUT2D eigenvalue weighted by Gasteiger charge is 2.08. The Labute approximate surface area is 101 Å². The third kappa shape index (κ3) is 1.84. The van der Waals surface area contributed by atoms with E-state index in [4.69, 9.17) is 0 Å². The van der Waals surface area contributed by atoms with Crippen LogP contribution in [0, 0.1) is 6.92 Å². The number of rotatable bonds is 3. The summed E-state index contributed by atoms with van der Waals surface area (Å²) < 4.78 is 5.71. The van der Waals surface area contributed by atoms with Crippen molar-refractivity contribution >= 4 is 27.4 Å². The molecule has 0 saturated heterocycles. The molecular weight excluding hydrogens is 238 g/mol. The van der Waals surface area contributed by atoms with Crippen LogP contribution in [0.5, 0.6) is 0 Å². The van der Waals surface area contributed by atoms with Crippen molar-refractivity contribution in [2.45, 2.75) is 13.5 Å². The molecule has 0 bridgehead atoms. The number of nitrogens with one attached hydrogen (secondary N) is 1. The van der Waals surface area contributed by atoms with Crippen molar-refractivity contribution in [3.8, 4) is 0 Å². The van der Waals surface area contributed by atoms with Gasteiger partial charge in [0.05, 0.1) is 16.8 Å². The van der Waals surface area contributed by atoms with Crippen LogP contribution in [0.1, 0.15) is 11.4 Å². The average Bonchev–Trinajstić information content (AvgIpc) is 2.97. The van der Waals surface area contributed by atoms with Crippen molar-refractivity contribution in [3.63, 3.8) is 0 Å². The minimum Gasteiger partial charge on any atom is -0.361 e. The maximum Gasteiger partial charge on any atom is 0.213 e. The van der Waals surface area contributed by atoms with Crippen molar-refractivity contribution in [1.29, 1.82) is 0 Å². The molecule has 3 aromatic rings. The molecule has 7 heteroatoms. The van der Waals surface area contributed by atoms with Gasteiger partial charge in [-0.1, -0.05) is 5.16 Å². The molecule has 17 heavy (non-hydrogen) atoms. The van der Waals surface area contributed by atoms with E-state index in [1.807, 2.05) is 6.92 Å². The Morgan fingerprint density at radius 3 is 3.12 bits per heavy atom. The molecular formula is C10H9N5OS. The van der Waals surface area contributed by atoms with Crippen LogP contribution in [0.2, 0.25) is 0 Å². The molecule has 0 aliphatic heterocycles. The highest BCUT2D eigenvalue weighted by Crippen LogP contribution is 2.28. The molecule has 0 amide bonds. The van der Waals surface area contributed by atoms with Gasteiger partial charge in [-0.25, -0.2) is 9.97 Å². The number of anilines is 1. The van der Waals surface area contributed by atoms with Crippen LogP contribution in [0.3, 0.4) is 0 Å². The Balaban J connectivity index is 1.90. The Morgan fingerprint density at radius 1 is 1.35 bits per heavy atom. The zero-order valence-electron chi connectivity index (χ0n) is 9.04. The van der Waals surface area contributed by atoms with Gasteiger partial charge in [0, 0.05) is 0 Å². The zero-order chi connectivity index (χ0) is 11.7. The fourth-order valence-electron chi connectivity index (χ4n) is 1.53. The average molecular weight is 247 g/mol. The van der Waals surface area contributed by atoms with Crippen LogP contribution in [0.15, 0.2) is 22.6 Å². The van der Waals surface area contributed by atoms with E-state index in [1.54, 1.807) is 17.7 Å². The van der Waals surface area contributed by atoms with Crippen molar-refractivity contribution in [2.24, 2.45) is 0 Å². The predicted molar refractivity (Wildman–Crippen MR) is 63.8 cm³/mol. The fourth-order valence-corrected chi connectivity index (χ4v) is 2.50. The summed E-state index contributed by atoms with van der Waals surface area (Å²) in [6, 6.07) is 0. The predicted octanol–water partition coefficient (Wildman–Crippen LogP) is 1.99. The highest BCUT2D eigenvalue weighted by molar-refractivity contribution is 7.17. The second-order valence-corrected chi connectivity index (χ2v) is 4.40. The summed E-state index contributed by atoms with van der Waals surface area (Å²) in [5, 5.41) is 8.97. The summed E-state index contributed by atoms with van der Waals surface area (Å²) in [6.45, 7) is 2.52. The van der Waals surface area contributed by atoms with E-state index in [-0.39, 0.29) is 0 Å². The summed E-state index contributed by atoms with van der Waals surface area (Å²) in [7, 11) is 0. The van der Waals surface area contributed by atoms with Gasteiger partial charge in [-0.3, -0.25) is 0 Å². The number of fused-ring (bicyclic) bond motifs is 1. The third-order valence-corrected chi connectivity index (χ3v) is 3.45. The molecule has 6 nitrogen and oxygen atoms in total. The van der Waals surface area contributed by atoms with Crippen LogP contribution in [-0.2, 0) is 6.54 Å². The van der Waals surface area contributed by atoms with Gasteiger partial charge in [0.15, 0.2) is 5.82 Å². The first-order valence-corrected chi connectivity index (χ1v) is 5.90. The molecule has 0 atom stereocenters. The van der Waals surface area contributed by atoms with E-state index in [0.717, 1.165) is 21.6 Å². The lowest BCUT2D eigenvalue weighted by molar-refractivity contribution is 0.411. The molecule has 1 N–H and O–H groups in total. The number of thiophene rings is 1. The van der Waals surface area contributed by atoms with Crippen LogP contribution >= 0.6 is 11.3 Å². The van der Waals surface area contributed by atoms with Crippen LogP contribution in [-0.4, -0.2) is 20.1 Å². The van der Waals surface area contributed by atoms with Crippen molar-refractivity contribution < 1.29 is 4.52 Å². The molecule has 0 aliphatic carbocycles. The smallest absolute Gasteiger partial charge is 0.213 e. The topological polar surface area (TPSA) is 76.7 Å². The van der Waals surface area contributed by atoms with Gasteiger partial charge in [0.1, 0.15) is 12.1 Å². The van der Waals surface area contributed by atoms with Gasteiger partial charge in [-0.15, -0.1) is 11.3 Å². The van der Waals surface area contributed by atoms with Crippen molar-refractivity contribution in [3.05, 3.63) is 29.5 Å². The quantitative estimate of drug-likeness (QED) is 0.762. The molecule has 3 aromatic heterocycles. The van der Waals surface area contributed by atoms with Gasteiger partial charge in [-0.05, 0) is 17.9 Å². The molecule has 0 fully saturated rings. The first-order valence-electron chi connectivity index (χ1n) is 5.02. The van der Waals surface area contributed by atoms with Gasteiger partial charge < -0.3 is 9.84 Å². The fraction of sp³-hybridized carbons (Fsp3) is 0.200. The standard InChI is InChI=1S/C10H9N5OS/c1-6-3-17-9-8(6)12-4-13-10(9)11-2-7-14-5-16-15-7/h3-5H,2H2,1H3,(H,11,12,13). The number of hydrogen-bond donors (Lipinski definition) is 1. The highest BCUT2D eigenvalue weighted by atomic mass is 32.1. The number of aromatic nitrogens is 4. The molecule has 3 heterocycles. The maximum absolute atomic E-state index is 4.66. The van der Waals surface area contributed by atoms with Crippen LogP contribution < -0.4 is 5.32 Å². The van der Waals surface area contributed by atoms with E-state index in [0.29, 0.717) is 12.4 Å². The second kappa shape index (κ2) is 4.10. The molecule has 0 radical (unpaired) electrons. The van der Waals surface area contributed by atoms with E-state index in [2.05, 4.69) is 35.3 Å². The minimum absolute atomic E-state index is 0.486. The Kier molecular flexibility index (Phi) is 2.45. The minimum atomic E-state index is 0.486. The zero-order valence-corrected chi connectivity index (χ0v) is 9.86. The molecule has 0 aromatic carbocycles. The summed E-state index contributed by atoms with van der Waals surface area (Å²) in [5.74, 6) is 1.41. The van der Waals surface area contributed by atoms with E-state index < -0.39 is 0 Å². The summed E-state index contributed by atoms with van der Waals surface area (Å²) >= 11 is 1.63. The van der Waals surface area contributed by atoms with Gasteiger partial charge >= 0.3 is 0 Å². The Morgan fingerprint density at radius 2 is 2.29 bits per heavy atom. The lowest BCUT2D eigenvalue weighted by Gasteiger charge is -2.02. The van der Waals surface area contributed by atoms with E-state index in [9.17, 15) is 0 Å². The van der Waals surface area contributed by atoms with Gasteiger partial charge in [0.25, 0.3) is 0 Å². The SMILES string of the molecule is Cc1csc2c(NCc3ncon3)ncnc12. The summed E-state index contributed by atoms with van der Waals surface area (Å²) in [6.07, 6.45) is 2.86. The molecule has 0 aliphatic rings. The number of nitrogens with zero attached hydrogens (tertiary/aromatic N) is 4. The maximum atomic E-state index is 4.66.